The lowest BCUT2D eigenvalue weighted by Crippen LogP contribution is -2.48. The molecule has 0 unspecified atom stereocenters. The molecular formula is C13H16Cl2N2O3. The van der Waals surface area contributed by atoms with Crippen molar-refractivity contribution in [2.24, 2.45) is 7.05 Å². The van der Waals surface area contributed by atoms with Crippen molar-refractivity contribution in [3.05, 3.63) is 21.9 Å². The number of aromatic nitrogens is 1. The molecule has 0 aliphatic carbocycles. The molecule has 1 fully saturated rings. The van der Waals surface area contributed by atoms with Crippen LogP contribution in [0, 0.1) is 0 Å². The normalized spacial score (nSPS) is 19.0. The van der Waals surface area contributed by atoms with Crippen LogP contribution in [-0.4, -0.2) is 41.0 Å². The molecule has 1 aliphatic rings. The maximum absolute atomic E-state index is 12.6. The van der Waals surface area contributed by atoms with E-state index in [1.807, 2.05) is 0 Å². The lowest BCUT2D eigenvalue weighted by molar-refractivity contribution is -0.147. The molecule has 0 saturated carbocycles. The Balaban J connectivity index is 2.30. The molecule has 1 aromatic rings. The van der Waals surface area contributed by atoms with Gasteiger partial charge in [0, 0.05) is 13.6 Å². The van der Waals surface area contributed by atoms with Crippen LogP contribution in [-0.2, 0) is 16.6 Å². The maximum Gasteiger partial charge on any atom is 0.328 e. The molecule has 2 heterocycles. The van der Waals surface area contributed by atoms with Crippen LogP contribution in [0.25, 0.3) is 0 Å². The van der Waals surface area contributed by atoms with E-state index in [1.54, 1.807) is 7.05 Å². The van der Waals surface area contributed by atoms with Crippen LogP contribution >= 0.6 is 23.2 Å². The second-order valence-electron chi connectivity index (χ2n) is 4.76. The van der Waals surface area contributed by atoms with E-state index in [0.717, 1.165) is 12.8 Å². The SMILES string of the molecule is COC(=O)[C@H]1CCCCN1C(=O)c1cc(Cl)c(Cl)n1C. The summed E-state index contributed by atoms with van der Waals surface area (Å²) in [4.78, 5) is 25.9. The Morgan fingerprint density at radius 3 is 2.60 bits per heavy atom. The van der Waals surface area contributed by atoms with Crippen LogP contribution in [0.1, 0.15) is 29.8 Å². The lowest BCUT2D eigenvalue weighted by atomic mass is 10.0. The minimum Gasteiger partial charge on any atom is -0.467 e. The van der Waals surface area contributed by atoms with Gasteiger partial charge in [0.05, 0.1) is 12.1 Å². The third-order valence-electron chi connectivity index (χ3n) is 3.57. The number of nitrogens with zero attached hydrogens (tertiary/aromatic N) is 2. The van der Waals surface area contributed by atoms with Gasteiger partial charge < -0.3 is 14.2 Å². The zero-order valence-electron chi connectivity index (χ0n) is 11.4. The van der Waals surface area contributed by atoms with E-state index in [4.69, 9.17) is 27.9 Å². The molecule has 0 N–H and O–H groups in total. The Morgan fingerprint density at radius 1 is 1.35 bits per heavy atom. The van der Waals surface area contributed by atoms with Crippen molar-refractivity contribution in [2.75, 3.05) is 13.7 Å². The van der Waals surface area contributed by atoms with E-state index < -0.39 is 6.04 Å². The van der Waals surface area contributed by atoms with Crippen molar-refractivity contribution in [1.29, 1.82) is 0 Å². The first-order valence-electron chi connectivity index (χ1n) is 6.37. The van der Waals surface area contributed by atoms with Gasteiger partial charge in [-0.2, -0.15) is 0 Å². The summed E-state index contributed by atoms with van der Waals surface area (Å²) in [6.45, 7) is 0.527. The Labute approximate surface area is 127 Å². The van der Waals surface area contributed by atoms with E-state index in [9.17, 15) is 9.59 Å². The highest BCUT2D eigenvalue weighted by molar-refractivity contribution is 6.41. The minimum absolute atomic E-state index is 0.253. The van der Waals surface area contributed by atoms with Gasteiger partial charge >= 0.3 is 5.97 Å². The molecular weight excluding hydrogens is 303 g/mol. The maximum atomic E-state index is 12.6. The summed E-state index contributed by atoms with van der Waals surface area (Å²) in [7, 11) is 2.99. The van der Waals surface area contributed by atoms with E-state index in [-0.39, 0.29) is 11.9 Å². The van der Waals surface area contributed by atoms with Crippen molar-refractivity contribution in [3.63, 3.8) is 0 Å². The number of rotatable bonds is 2. The van der Waals surface area contributed by atoms with E-state index in [0.29, 0.717) is 28.8 Å². The van der Waals surface area contributed by atoms with Gasteiger partial charge in [-0.15, -0.1) is 0 Å². The van der Waals surface area contributed by atoms with Crippen molar-refractivity contribution in [1.82, 2.24) is 9.47 Å². The summed E-state index contributed by atoms with van der Waals surface area (Å²) >= 11 is 11.9. The summed E-state index contributed by atoms with van der Waals surface area (Å²) < 4.78 is 6.30. The Kier molecular flexibility index (Phi) is 4.60. The third kappa shape index (κ3) is 2.65. The molecule has 1 aliphatic heterocycles. The first-order chi connectivity index (χ1) is 9.47. The fraction of sp³-hybridized carbons (Fsp3) is 0.538. The zero-order chi connectivity index (χ0) is 14.9. The molecule has 110 valence electrons. The van der Waals surface area contributed by atoms with E-state index in [2.05, 4.69) is 0 Å². The van der Waals surface area contributed by atoms with Gasteiger partial charge in [0.2, 0.25) is 0 Å². The number of hydrogen-bond donors (Lipinski definition) is 0. The van der Waals surface area contributed by atoms with Crippen LogP contribution < -0.4 is 0 Å². The van der Waals surface area contributed by atoms with Gasteiger partial charge in [-0.25, -0.2) is 4.79 Å². The molecule has 1 atom stereocenters. The summed E-state index contributed by atoms with van der Waals surface area (Å²) in [5.74, 6) is -0.638. The van der Waals surface area contributed by atoms with E-state index in [1.165, 1.54) is 22.6 Å². The zero-order valence-corrected chi connectivity index (χ0v) is 12.9. The number of halogens is 2. The Morgan fingerprint density at radius 2 is 2.05 bits per heavy atom. The smallest absolute Gasteiger partial charge is 0.328 e. The number of hydrogen-bond acceptors (Lipinski definition) is 3. The molecule has 1 saturated heterocycles. The topological polar surface area (TPSA) is 51.5 Å². The summed E-state index contributed by atoms with van der Waals surface area (Å²) in [5.41, 5.74) is 0.371. The number of likely N-dealkylation sites (tertiary alicyclic amines) is 1. The number of esters is 1. The van der Waals surface area contributed by atoms with Crippen molar-refractivity contribution < 1.29 is 14.3 Å². The first kappa shape index (κ1) is 15.2. The minimum atomic E-state index is -0.534. The molecule has 2 rings (SSSR count). The van der Waals surface area contributed by atoms with Crippen molar-refractivity contribution >= 4 is 35.1 Å². The van der Waals surface area contributed by atoms with Crippen molar-refractivity contribution in [2.45, 2.75) is 25.3 Å². The second kappa shape index (κ2) is 6.06. The number of amides is 1. The highest BCUT2D eigenvalue weighted by atomic mass is 35.5. The van der Waals surface area contributed by atoms with Gasteiger partial charge in [-0.1, -0.05) is 23.2 Å². The number of piperidine rings is 1. The monoisotopic (exact) mass is 318 g/mol. The number of ether oxygens (including phenoxy) is 1. The van der Waals surface area contributed by atoms with Gasteiger partial charge in [-0.05, 0) is 25.3 Å². The van der Waals surface area contributed by atoms with Gasteiger partial charge in [0.1, 0.15) is 16.9 Å². The largest absolute Gasteiger partial charge is 0.467 e. The second-order valence-corrected chi connectivity index (χ2v) is 5.53. The average Bonchev–Trinajstić information content (AvgIpc) is 2.73. The molecule has 1 amide bonds. The lowest BCUT2D eigenvalue weighted by Gasteiger charge is -2.33. The molecule has 1 aromatic heterocycles. The molecule has 0 radical (unpaired) electrons. The summed E-state index contributed by atoms with van der Waals surface area (Å²) in [5, 5.41) is 0.630. The Hall–Kier alpha value is -1.20. The predicted octanol–water partition coefficient (Wildman–Crippen LogP) is 2.50. The summed E-state index contributed by atoms with van der Waals surface area (Å²) in [6.07, 6.45) is 2.38. The molecule has 0 bridgehead atoms. The van der Waals surface area contributed by atoms with Crippen LogP contribution in [0.15, 0.2) is 6.07 Å². The standard InChI is InChI=1S/C13H16Cl2N2O3/c1-16-10(7-8(14)11(16)15)12(18)17-6-4-3-5-9(17)13(19)20-2/h7,9H,3-6H2,1-2H3/t9-/m1/s1. The fourth-order valence-corrected chi connectivity index (χ4v) is 2.83. The number of carbonyl (C=O) groups excluding carboxylic acids is 2. The fourth-order valence-electron chi connectivity index (χ4n) is 2.45. The first-order valence-corrected chi connectivity index (χ1v) is 7.12. The average molecular weight is 319 g/mol. The molecule has 5 nitrogen and oxygen atoms in total. The molecule has 7 heteroatoms. The molecule has 0 spiro atoms. The molecule has 0 aromatic carbocycles. The van der Waals surface area contributed by atoms with Crippen LogP contribution in [0.3, 0.4) is 0 Å². The van der Waals surface area contributed by atoms with Gasteiger partial charge in [0.15, 0.2) is 0 Å². The highest BCUT2D eigenvalue weighted by Gasteiger charge is 2.34. The Bertz CT molecular complexity index is 542. The number of carbonyl (C=O) groups is 2. The summed E-state index contributed by atoms with van der Waals surface area (Å²) in [6, 6.07) is 0.989. The van der Waals surface area contributed by atoms with Crippen LogP contribution in [0.2, 0.25) is 10.2 Å². The van der Waals surface area contributed by atoms with Crippen molar-refractivity contribution in [3.8, 4) is 0 Å². The molecule has 20 heavy (non-hydrogen) atoms. The van der Waals surface area contributed by atoms with Crippen LogP contribution in [0.4, 0.5) is 0 Å². The predicted molar refractivity (Wildman–Crippen MR) is 76.1 cm³/mol. The van der Waals surface area contributed by atoms with Crippen LogP contribution in [0.5, 0.6) is 0 Å². The van der Waals surface area contributed by atoms with Gasteiger partial charge in [-0.3, -0.25) is 4.79 Å². The van der Waals surface area contributed by atoms with Gasteiger partial charge in [0.25, 0.3) is 5.91 Å². The third-order valence-corrected chi connectivity index (χ3v) is 4.41. The highest BCUT2D eigenvalue weighted by Crippen LogP contribution is 2.28. The van der Waals surface area contributed by atoms with E-state index >= 15 is 0 Å². The quantitative estimate of drug-likeness (QED) is 0.787. The number of methoxy groups -OCH3 is 1.